The summed E-state index contributed by atoms with van der Waals surface area (Å²) in [6.07, 6.45) is 0. The van der Waals surface area contributed by atoms with E-state index in [0.717, 1.165) is 28.1 Å². The standard InChI is InChI=1S/C24H18FN3OS/c25-18-13-11-17(12-14-18)23-21-22(16-7-3-1-4-8-16)27-28(19-9-5-2-6-10-19)24(21)26-20(29)15-30-23/h1-14,23H,15H2,(H,26,29)/t23-/m0/s1. The number of hydrogen-bond acceptors (Lipinski definition) is 3. The molecule has 0 saturated carbocycles. The van der Waals surface area contributed by atoms with Crippen molar-refractivity contribution in [1.29, 1.82) is 0 Å². The zero-order valence-electron chi connectivity index (χ0n) is 16.0. The molecule has 5 rings (SSSR count). The lowest BCUT2D eigenvalue weighted by Gasteiger charge is -2.16. The van der Waals surface area contributed by atoms with Gasteiger partial charge >= 0.3 is 0 Å². The van der Waals surface area contributed by atoms with Crippen LogP contribution in [0.25, 0.3) is 16.9 Å². The lowest BCUT2D eigenvalue weighted by molar-refractivity contribution is -0.113. The van der Waals surface area contributed by atoms with E-state index in [9.17, 15) is 9.18 Å². The number of amides is 1. The molecule has 0 radical (unpaired) electrons. The van der Waals surface area contributed by atoms with Crippen LogP contribution in [0.3, 0.4) is 0 Å². The van der Waals surface area contributed by atoms with Crippen LogP contribution in [-0.4, -0.2) is 21.4 Å². The second kappa shape index (κ2) is 7.80. The molecular weight excluding hydrogens is 397 g/mol. The maximum atomic E-state index is 13.6. The molecule has 1 atom stereocenters. The van der Waals surface area contributed by atoms with Gasteiger partial charge in [-0.25, -0.2) is 9.07 Å². The molecule has 0 bridgehead atoms. The van der Waals surface area contributed by atoms with Gasteiger partial charge in [0.05, 0.1) is 22.4 Å². The molecule has 2 heterocycles. The van der Waals surface area contributed by atoms with Crippen LogP contribution in [0.15, 0.2) is 84.9 Å². The summed E-state index contributed by atoms with van der Waals surface area (Å²) in [5, 5.41) is 7.81. The fourth-order valence-electron chi connectivity index (χ4n) is 3.67. The Bertz CT molecular complexity index is 1190. The van der Waals surface area contributed by atoms with Gasteiger partial charge in [0.1, 0.15) is 11.6 Å². The first kappa shape index (κ1) is 18.6. The molecule has 3 aromatic carbocycles. The van der Waals surface area contributed by atoms with Crippen LogP contribution in [0.4, 0.5) is 10.2 Å². The van der Waals surface area contributed by atoms with E-state index in [2.05, 4.69) is 5.32 Å². The molecule has 30 heavy (non-hydrogen) atoms. The first-order chi connectivity index (χ1) is 14.7. The van der Waals surface area contributed by atoms with Crippen molar-refractivity contribution in [2.45, 2.75) is 5.25 Å². The first-order valence-electron chi connectivity index (χ1n) is 9.61. The third-order valence-corrected chi connectivity index (χ3v) is 6.31. The number of hydrogen-bond donors (Lipinski definition) is 1. The molecule has 6 heteroatoms. The van der Waals surface area contributed by atoms with Crippen molar-refractivity contribution >= 4 is 23.5 Å². The van der Waals surface area contributed by atoms with Crippen molar-refractivity contribution in [3.63, 3.8) is 0 Å². The minimum atomic E-state index is -0.282. The molecule has 1 N–H and O–H groups in total. The van der Waals surface area contributed by atoms with E-state index >= 15 is 0 Å². The van der Waals surface area contributed by atoms with E-state index in [1.54, 1.807) is 16.8 Å². The summed E-state index contributed by atoms with van der Waals surface area (Å²) in [4.78, 5) is 12.6. The van der Waals surface area contributed by atoms with E-state index in [1.165, 1.54) is 23.9 Å². The Kier molecular flexibility index (Phi) is 4.85. The molecule has 1 amide bonds. The molecule has 0 aliphatic carbocycles. The zero-order chi connectivity index (χ0) is 20.5. The monoisotopic (exact) mass is 415 g/mol. The topological polar surface area (TPSA) is 46.9 Å². The summed E-state index contributed by atoms with van der Waals surface area (Å²) in [6.45, 7) is 0. The number of benzene rings is 3. The van der Waals surface area contributed by atoms with Gasteiger partial charge in [-0.05, 0) is 29.8 Å². The summed E-state index contributed by atoms with van der Waals surface area (Å²) in [7, 11) is 0. The second-order valence-corrected chi connectivity index (χ2v) is 8.11. The Morgan fingerprint density at radius 1 is 0.933 bits per heavy atom. The van der Waals surface area contributed by atoms with Crippen LogP contribution in [0, 0.1) is 5.82 Å². The molecular formula is C24H18FN3OS. The average molecular weight is 415 g/mol. The third-order valence-electron chi connectivity index (χ3n) is 5.04. The summed E-state index contributed by atoms with van der Waals surface area (Å²) < 4.78 is 15.4. The quantitative estimate of drug-likeness (QED) is 0.484. The predicted octanol–water partition coefficient (Wildman–Crippen LogP) is 5.45. The number of carbonyl (C=O) groups is 1. The van der Waals surface area contributed by atoms with Crippen molar-refractivity contribution in [1.82, 2.24) is 9.78 Å². The molecule has 0 spiro atoms. The highest BCUT2D eigenvalue weighted by atomic mass is 32.2. The van der Waals surface area contributed by atoms with E-state index in [1.807, 2.05) is 60.7 Å². The Balaban J connectivity index is 1.78. The number of fused-ring (bicyclic) bond motifs is 1. The Morgan fingerprint density at radius 3 is 2.30 bits per heavy atom. The maximum Gasteiger partial charge on any atom is 0.235 e. The predicted molar refractivity (Wildman–Crippen MR) is 118 cm³/mol. The van der Waals surface area contributed by atoms with Crippen LogP contribution < -0.4 is 5.32 Å². The lowest BCUT2D eigenvalue weighted by Crippen LogP contribution is -2.15. The molecule has 0 fully saturated rings. The van der Waals surface area contributed by atoms with E-state index < -0.39 is 0 Å². The number of anilines is 1. The molecule has 1 aliphatic rings. The second-order valence-electron chi connectivity index (χ2n) is 7.02. The van der Waals surface area contributed by atoms with Gasteiger partial charge in [0.15, 0.2) is 0 Å². The zero-order valence-corrected chi connectivity index (χ0v) is 16.8. The maximum absolute atomic E-state index is 13.6. The van der Waals surface area contributed by atoms with Gasteiger partial charge in [-0.1, -0.05) is 60.7 Å². The number of thioether (sulfide) groups is 1. The number of para-hydroxylation sites is 1. The van der Waals surface area contributed by atoms with Crippen LogP contribution in [-0.2, 0) is 4.79 Å². The highest BCUT2D eigenvalue weighted by Crippen LogP contribution is 2.46. The fourth-order valence-corrected chi connectivity index (χ4v) is 4.80. The van der Waals surface area contributed by atoms with Crippen molar-refractivity contribution in [2.24, 2.45) is 0 Å². The minimum Gasteiger partial charge on any atom is -0.310 e. The normalized spacial score (nSPS) is 15.9. The molecule has 4 nitrogen and oxygen atoms in total. The van der Waals surface area contributed by atoms with Crippen LogP contribution in [0.2, 0.25) is 0 Å². The van der Waals surface area contributed by atoms with E-state index in [-0.39, 0.29) is 17.0 Å². The minimum absolute atomic E-state index is 0.0810. The average Bonchev–Trinajstić information content (AvgIpc) is 3.06. The summed E-state index contributed by atoms with van der Waals surface area (Å²) in [5.41, 5.74) is 4.49. The number of aromatic nitrogens is 2. The number of nitrogens with zero attached hydrogens (tertiary/aromatic N) is 2. The number of halogens is 1. The summed E-state index contributed by atoms with van der Waals surface area (Å²) in [6, 6.07) is 26.1. The van der Waals surface area contributed by atoms with Gasteiger partial charge in [-0.2, -0.15) is 5.10 Å². The highest BCUT2D eigenvalue weighted by molar-refractivity contribution is 8.00. The largest absolute Gasteiger partial charge is 0.310 e. The van der Waals surface area contributed by atoms with Crippen LogP contribution in [0.5, 0.6) is 0 Å². The Morgan fingerprint density at radius 2 is 1.60 bits per heavy atom. The summed E-state index contributed by atoms with van der Waals surface area (Å²) in [5.74, 6) is 0.599. The third kappa shape index (κ3) is 3.39. The van der Waals surface area contributed by atoms with Crippen molar-refractivity contribution in [2.75, 3.05) is 11.1 Å². The summed E-state index contributed by atoms with van der Waals surface area (Å²) >= 11 is 1.52. The lowest BCUT2D eigenvalue weighted by atomic mass is 10.00. The Labute approximate surface area is 177 Å². The molecule has 148 valence electrons. The van der Waals surface area contributed by atoms with Gasteiger partial charge in [-0.3, -0.25) is 4.79 Å². The molecule has 4 aromatic rings. The van der Waals surface area contributed by atoms with Gasteiger partial charge < -0.3 is 5.32 Å². The van der Waals surface area contributed by atoms with Gasteiger partial charge in [-0.15, -0.1) is 11.8 Å². The van der Waals surface area contributed by atoms with Gasteiger partial charge in [0.25, 0.3) is 0 Å². The van der Waals surface area contributed by atoms with Crippen LogP contribution >= 0.6 is 11.8 Å². The van der Waals surface area contributed by atoms with Crippen LogP contribution in [0.1, 0.15) is 16.4 Å². The first-order valence-corrected chi connectivity index (χ1v) is 10.7. The SMILES string of the molecule is O=C1CS[C@@H](c2ccc(F)cc2)c2c(-c3ccccc3)nn(-c3ccccc3)c2N1. The Hall–Kier alpha value is -3.38. The van der Waals surface area contributed by atoms with E-state index in [0.29, 0.717) is 11.6 Å². The highest BCUT2D eigenvalue weighted by Gasteiger charge is 2.32. The van der Waals surface area contributed by atoms with Crippen molar-refractivity contribution < 1.29 is 9.18 Å². The fraction of sp³-hybridized carbons (Fsp3) is 0.0833. The molecule has 0 unspecified atom stereocenters. The van der Waals surface area contributed by atoms with Crippen molar-refractivity contribution in [3.05, 3.63) is 102 Å². The van der Waals surface area contributed by atoms with Gasteiger partial charge in [0.2, 0.25) is 5.91 Å². The molecule has 0 saturated heterocycles. The number of rotatable bonds is 3. The molecule has 1 aliphatic heterocycles. The molecule has 1 aromatic heterocycles. The van der Waals surface area contributed by atoms with Gasteiger partial charge in [0, 0.05) is 11.1 Å². The van der Waals surface area contributed by atoms with E-state index in [4.69, 9.17) is 5.10 Å². The smallest absolute Gasteiger partial charge is 0.235 e. The number of nitrogens with one attached hydrogen (secondary N) is 1. The van der Waals surface area contributed by atoms with Crippen molar-refractivity contribution in [3.8, 4) is 16.9 Å². The number of carbonyl (C=O) groups excluding carboxylic acids is 1.